The molecule has 1 N–H and O–H groups in total. The molecule has 2 fully saturated rings. The Hall–Kier alpha value is -1.93. The molecular formula is C21H30N2O5S. The molecule has 0 aromatic heterocycles. The number of esters is 1. The van der Waals surface area contributed by atoms with E-state index in [2.05, 4.69) is 5.32 Å². The molecule has 0 radical (unpaired) electrons. The van der Waals surface area contributed by atoms with Crippen molar-refractivity contribution in [2.75, 3.05) is 25.0 Å². The average molecular weight is 423 g/mol. The number of carbonyl (C=O) groups excluding carboxylic acids is 2. The van der Waals surface area contributed by atoms with Crippen molar-refractivity contribution in [1.29, 1.82) is 0 Å². The Bertz CT molecular complexity index is 833. The number of benzene rings is 1. The monoisotopic (exact) mass is 422 g/mol. The first-order valence-corrected chi connectivity index (χ1v) is 11.8. The number of amides is 1. The highest BCUT2D eigenvalue weighted by Crippen LogP contribution is 2.49. The standard InChI is InChI=1S/C21H30N2O5S/c1-3-23(4-2)29(26,27)19-9-7-18(8-10-19)22-20(24)14-28-21(25)13-17-12-15-5-6-16(17)11-15/h7-10,15-17H,3-6,11-14H2,1-2H3,(H,22,24)/t15-,16-,17+/m1/s1. The molecule has 0 saturated heterocycles. The van der Waals surface area contributed by atoms with E-state index in [-0.39, 0.29) is 17.5 Å². The third-order valence-corrected chi connectivity index (χ3v) is 8.22. The van der Waals surface area contributed by atoms with Crippen molar-refractivity contribution in [2.24, 2.45) is 17.8 Å². The second-order valence-corrected chi connectivity index (χ2v) is 9.90. The van der Waals surface area contributed by atoms with Crippen LogP contribution in [0.25, 0.3) is 0 Å². The van der Waals surface area contributed by atoms with Crippen molar-refractivity contribution in [3.8, 4) is 0 Å². The lowest BCUT2D eigenvalue weighted by atomic mass is 9.86. The Morgan fingerprint density at radius 3 is 2.34 bits per heavy atom. The summed E-state index contributed by atoms with van der Waals surface area (Å²) in [5.41, 5.74) is 0.456. The number of sulfonamides is 1. The van der Waals surface area contributed by atoms with Crippen LogP contribution in [0.3, 0.4) is 0 Å². The van der Waals surface area contributed by atoms with Gasteiger partial charge >= 0.3 is 5.97 Å². The number of anilines is 1. The largest absolute Gasteiger partial charge is 0.456 e. The summed E-state index contributed by atoms with van der Waals surface area (Å²) < 4.78 is 31.5. The van der Waals surface area contributed by atoms with Crippen molar-refractivity contribution in [3.63, 3.8) is 0 Å². The molecule has 3 rings (SSSR count). The lowest BCUT2D eigenvalue weighted by Crippen LogP contribution is -2.30. The van der Waals surface area contributed by atoms with E-state index < -0.39 is 15.9 Å². The summed E-state index contributed by atoms with van der Waals surface area (Å²) in [5, 5.41) is 2.63. The maximum Gasteiger partial charge on any atom is 0.306 e. The fraction of sp³-hybridized carbons (Fsp3) is 0.619. The number of carbonyl (C=O) groups is 2. The molecule has 8 heteroatoms. The van der Waals surface area contributed by atoms with Crippen LogP contribution in [0.4, 0.5) is 5.69 Å². The first-order chi connectivity index (χ1) is 13.8. The van der Waals surface area contributed by atoms with Crippen molar-refractivity contribution in [2.45, 2.75) is 50.8 Å². The summed E-state index contributed by atoms with van der Waals surface area (Å²) in [5.74, 6) is 1.07. The highest BCUT2D eigenvalue weighted by molar-refractivity contribution is 7.89. The third-order valence-electron chi connectivity index (χ3n) is 6.16. The fourth-order valence-electron chi connectivity index (χ4n) is 4.67. The van der Waals surface area contributed by atoms with Gasteiger partial charge in [-0.05, 0) is 61.3 Å². The van der Waals surface area contributed by atoms with Gasteiger partial charge in [-0.15, -0.1) is 0 Å². The van der Waals surface area contributed by atoms with Crippen LogP contribution >= 0.6 is 0 Å². The van der Waals surface area contributed by atoms with Crippen LogP contribution in [-0.4, -0.2) is 44.3 Å². The van der Waals surface area contributed by atoms with Gasteiger partial charge in [0.15, 0.2) is 6.61 Å². The fourth-order valence-corrected chi connectivity index (χ4v) is 6.12. The molecule has 29 heavy (non-hydrogen) atoms. The average Bonchev–Trinajstić information content (AvgIpc) is 3.31. The zero-order valence-corrected chi connectivity index (χ0v) is 17.9. The summed E-state index contributed by atoms with van der Waals surface area (Å²) in [4.78, 5) is 24.3. The number of hydrogen-bond donors (Lipinski definition) is 1. The second kappa shape index (κ2) is 9.26. The van der Waals surface area contributed by atoms with Crippen LogP contribution < -0.4 is 5.32 Å². The molecule has 0 unspecified atom stereocenters. The van der Waals surface area contributed by atoms with E-state index in [0.717, 1.165) is 12.3 Å². The van der Waals surface area contributed by atoms with Crippen molar-refractivity contribution in [3.05, 3.63) is 24.3 Å². The van der Waals surface area contributed by atoms with Gasteiger partial charge < -0.3 is 10.1 Å². The maximum absolute atomic E-state index is 12.5. The van der Waals surface area contributed by atoms with Gasteiger partial charge in [-0.3, -0.25) is 9.59 Å². The molecule has 2 aliphatic carbocycles. The molecule has 160 valence electrons. The van der Waals surface area contributed by atoms with E-state index >= 15 is 0 Å². The van der Waals surface area contributed by atoms with E-state index in [1.807, 2.05) is 0 Å². The van der Waals surface area contributed by atoms with Gasteiger partial charge in [0, 0.05) is 25.2 Å². The Morgan fingerprint density at radius 2 is 1.79 bits per heavy atom. The van der Waals surface area contributed by atoms with Gasteiger partial charge in [-0.25, -0.2) is 8.42 Å². The van der Waals surface area contributed by atoms with Crippen LogP contribution in [-0.2, 0) is 24.3 Å². The highest BCUT2D eigenvalue weighted by atomic mass is 32.2. The second-order valence-electron chi connectivity index (χ2n) is 7.96. The van der Waals surface area contributed by atoms with Crippen LogP contribution in [0.15, 0.2) is 29.2 Å². The molecule has 1 aromatic carbocycles. The van der Waals surface area contributed by atoms with E-state index in [9.17, 15) is 18.0 Å². The summed E-state index contributed by atoms with van der Waals surface area (Å²) in [6.45, 7) is 4.03. The highest BCUT2D eigenvalue weighted by Gasteiger charge is 2.40. The minimum Gasteiger partial charge on any atom is -0.456 e. The molecule has 2 aliphatic rings. The quantitative estimate of drug-likeness (QED) is 0.618. The Morgan fingerprint density at radius 1 is 1.10 bits per heavy atom. The van der Waals surface area contributed by atoms with Gasteiger partial charge in [0.25, 0.3) is 5.91 Å². The maximum atomic E-state index is 12.5. The zero-order chi connectivity index (χ0) is 21.0. The van der Waals surface area contributed by atoms with E-state index in [1.54, 1.807) is 13.8 Å². The Balaban J connectivity index is 1.46. The van der Waals surface area contributed by atoms with Gasteiger partial charge in [-0.1, -0.05) is 20.3 Å². The number of nitrogens with zero attached hydrogens (tertiary/aromatic N) is 1. The third kappa shape index (κ3) is 5.17. The molecular weight excluding hydrogens is 392 g/mol. The minimum absolute atomic E-state index is 0.177. The summed E-state index contributed by atoms with van der Waals surface area (Å²) in [6.07, 6.45) is 5.23. The van der Waals surface area contributed by atoms with E-state index in [1.165, 1.54) is 47.8 Å². The van der Waals surface area contributed by atoms with E-state index in [4.69, 9.17) is 4.74 Å². The lowest BCUT2D eigenvalue weighted by Gasteiger charge is -2.20. The number of hydrogen-bond acceptors (Lipinski definition) is 5. The predicted molar refractivity (Wildman–Crippen MR) is 110 cm³/mol. The molecule has 2 saturated carbocycles. The molecule has 1 aromatic rings. The van der Waals surface area contributed by atoms with Gasteiger partial charge in [0.05, 0.1) is 4.90 Å². The first kappa shape index (κ1) is 21.8. The molecule has 0 aliphatic heterocycles. The van der Waals surface area contributed by atoms with Crippen LogP contribution in [0.1, 0.15) is 46.0 Å². The Labute approximate surface area is 172 Å². The summed E-state index contributed by atoms with van der Waals surface area (Å²) >= 11 is 0. The van der Waals surface area contributed by atoms with Crippen LogP contribution in [0.5, 0.6) is 0 Å². The first-order valence-electron chi connectivity index (χ1n) is 10.4. The molecule has 0 heterocycles. The van der Waals surface area contributed by atoms with Crippen molar-refractivity contribution >= 4 is 27.6 Å². The van der Waals surface area contributed by atoms with Gasteiger partial charge in [0.1, 0.15) is 0 Å². The lowest BCUT2D eigenvalue weighted by molar-refractivity contribution is -0.148. The smallest absolute Gasteiger partial charge is 0.306 e. The van der Waals surface area contributed by atoms with Crippen molar-refractivity contribution in [1.82, 2.24) is 4.31 Å². The van der Waals surface area contributed by atoms with Gasteiger partial charge in [-0.2, -0.15) is 4.31 Å². The topological polar surface area (TPSA) is 92.8 Å². The van der Waals surface area contributed by atoms with Gasteiger partial charge in [0.2, 0.25) is 10.0 Å². The summed E-state index contributed by atoms with van der Waals surface area (Å²) in [6, 6.07) is 5.99. The number of nitrogens with one attached hydrogen (secondary N) is 1. The van der Waals surface area contributed by atoms with Crippen LogP contribution in [0, 0.1) is 17.8 Å². The number of ether oxygens (including phenoxy) is 1. The SMILES string of the molecule is CCN(CC)S(=O)(=O)c1ccc(NC(=O)COC(=O)C[C@@H]2C[C@@H]3CC[C@@H]2C3)cc1. The number of rotatable bonds is 9. The normalized spacial score (nSPS) is 23.3. The minimum atomic E-state index is -3.53. The van der Waals surface area contributed by atoms with Crippen LogP contribution in [0.2, 0.25) is 0 Å². The molecule has 0 spiro atoms. The molecule has 7 nitrogen and oxygen atoms in total. The molecule has 2 bridgehead atoms. The predicted octanol–water partition coefficient (Wildman–Crippen LogP) is 3.03. The number of fused-ring (bicyclic) bond motifs is 2. The van der Waals surface area contributed by atoms with E-state index in [0.29, 0.717) is 37.0 Å². The summed E-state index contributed by atoms with van der Waals surface area (Å²) in [7, 11) is -3.53. The van der Waals surface area contributed by atoms with Crippen molar-refractivity contribution < 1.29 is 22.7 Å². The Kier molecular flexibility index (Phi) is 6.95. The zero-order valence-electron chi connectivity index (χ0n) is 17.1. The molecule has 3 atom stereocenters. The molecule has 1 amide bonds.